The molecule has 0 aromatic heterocycles. The fourth-order valence-electron chi connectivity index (χ4n) is 1.94. The molecule has 0 heterocycles. The van der Waals surface area contributed by atoms with E-state index in [0.29, 0.717) is 12.1 Å². The molecular formula is C13H10. The van der Waals surface area contributed by atoms with Crippen molar-refractivity contribution in [2.45, 2.75) is 6.42 Å². The minimum Gasteiger partial charge on any atom is -0.0619 e. The van der Waals surface area contributed by atoms with E-state index in [9.17, 15) is 0 Å². The van der Waals surface area contributed by atoms with Crippen LogP contribution in [0.2, 0.25) is 0 Å². The van der Waals surface area contributed by atoms with Gasteiger partial charge < -0.3 is 0 Å². The van der Waals surface area contributed by atoms with Crippen LogP contribution < -0.4 is 0 Å². The van der Waals surface area contributed by atoms with Gasteiger partial charge in [0.15, 0.2) is 0 Å². The van der Waals surface area contributed by atoms with Crippen molar-refractivity contribution in [3.05, 3.63) is 59.6 Å². The van der Waals surface area contributed by atoms with Gasteiger partial charge in [0.2, 0.25) is 0 Å². The second-order valence-electron chi connectivity index (χ2n) is 3.33. The van der Waals surface area contributed by atoms with Crippen LogP contribution in [0.3, 0.4) is 0 Å². The largest absolute Gasteiger partial charge is 0.0626 e. The van der Waals surface area contributed by atoms with Crippen LogP contribution in [-0.2, 0) is 6.42 Å². The summed E-state index contributed by atoms with van der Waals surface area (Å²) in [5.74, 6) is 0. The summed E-state index contributed by atoms with van der Waals surface area (Å²) in [6.45, 7) is 0. The Labute approximate surface area is 80.7 Å². The van der Waals surface area contributed by atoms with E-state index >= 15 is 0 Å². The van der Waals surface area contributed by atoms with Crippen LogP contribution in [0.1, 0.15) is 13.9 Å². The highest BCUT2D eigenvalue weighted by Gasteiger charge is 2.15. The summed E-state index contributed by atoms with van der Waals surface area (Å²) >= 11 is 0. The Balaban J connectivity index is 2.31. The van der Waals surface area contributed by atoms with Crippen molar-refractivity contribution >= 4 is 0 Å². The second kappa shape index (κ2) is 2.46. The first kappa shape index (κ1) is 5.23. The fraction of sp³-hybridized carbons (Fsp3) is 0.0769. The summed E-state index contributed by atoms with van der Waals surface area (Å²) in [6.07, 6.45) is 0.803. The van der Waals surface area contributed by atoms with Crippen molar-refractivity contribution < 1.29 is 2.74 Å². The molecule has 13 heavy (non-hydrogen) atoms. The predicted molar refractivity (Wildman–Crippen MR) is 54.7 cm³/mol. The minimum absolute atomic E-state index is 0.321. The molecule has 0 radical (unpaired) electrons. The van der Waals surface area contributed by atoms with E-state index in [1.165, 1.54) is 11.1 Å². The topological polar surface area (TPSA) is 0 Å². The van der Waals surface area contributed by atoms with E-state index < -0.39 is 0 Å². The second-order valence-corrected chi connectivity index (χ2v) is 3.33. The van der Waals surface area contributed by atoms with E-state index in [0.717, 1.165) is 17.5 Å². The Morgan fingerprint density at radius 2 is 1.69 bits per heavy atom. The Kier molecular flexibility index (Phi) is 0.990. The highest BCUT2D eigenvalue weighted by Crippen LogP contribution is 2.35. The molecule has 0 unspecified atom stereocenters. The smallest absolute Gasteiger partial charge is 0.0619 e. The maximum Gasteiger partial charge on any atom is 0.0626 e. The van der Waals surface area contributed by atoms with E-state index in [4.69, 9.17) is 2.74 Å². The Morgan fingerprint density at radius 3 is 2.69 bits per heavy atom. The summed E-state index contributed by atoms with van der Waals surface area (Å²) < 4.78 is 15.5. The first-order valence-corrected chi connectivity index (χ1v) is 4.45. The molecule has 2 aromatic rings. The van der Waals surface area contributed by atoms with Gasteiger partial charge in [-0.05, 0) is 28.7 Å². The maximum absolute atomic E-state index is 7.86. The van der Waals surface area contributed by atoms with Gasteiger partial charge in [0.05, 0.1) is 2.74 Å². The molecule has 0 fully saturated rings. The monoisotopic (exact) mass is 168 g/mol. The summed E-state index contributed by atoms with van der Waals surface area (Å²) in [7, 11) is 0. The Morgan fingerprint density at radius 1 is 0.923 bits per heavy atom. The van der Waals surface area contributed by atoms with Gasteiger partial charge in [-0.2, -0.15) is 0 Å². The molecule has 0 spiro atoms. The van der Waals surface area contributed by atoms with Crippen LogP contribution in [0, 0.1) is 0 Å². The van der Waals surface area contributed by atoms with Crippen LogP contribution in [0.15, 0.2) is 48.5 Å². The van der Waals surface area contributed by atoms with Crippen LogP contribution in [0.5, 0.6) is 0 Å². The van der Waals surface area contributed by atoms with E-state index in [1.54, 1.807) is 6.07 Å². The van der Waals surface area contributed by atoms with Gasteiger partial charge in [-0.25, -0.2) is 0 Å². The normalized spacial score (nSPS) is 14.5. The lowest BCUT2D eigenvalue weighted by Crippen LogP contribution is -1.77. The highest BCUT2D eigenvalue weighted by atomic mass is 14.2. The molecule has 2 aromatic carbocycles. The predicted octanol–water partition coefficient (Wildman–Crippen LogP) is 3.26. The van der Waals surface area contributed by atoms with Gasteiger partial charge in [-0.1, -0.05) is 48.5 Å². The number of benzene rings is 2. The Hall–Kier alpha value is -1.56. The van der Waals surface area contributed by atoms with E-state index in [1.807, 2.05) is 18.2 Å². The average Bonchev–Trinajstić information content (AvgIpc) is 2.63. The lowest BCUT2D eigenvalue weighted by molar-refractivity contribution is 1.26. The lowest BCUT2D eigenvalue weighted by Gasteiger charge is -1.98. The van der Waals surface area contributed by atoms with Gasteiger partial charge in [-0.15, -0.1) is 0 Å². The van der Waals surface area contributed by atoms with Crippen molar-refractivity contribution in [2.75, 3.05) is 0 Å². The quantitative estimate of drug-likeness (QED) is 0.483. The molecule has 0 aliphatic heterocycles. The van der Waals surface area contributed by atoms with Gasteiger partial charge in [-0.3, -0.25) is 0 Å². The number of fused-ring (bicyclic) bond motifs is 3. The molecule has 0 atom stereocenters. The van der Waals surface area contributed by atoms with Crippen LogP contribution in [0.25, 0.3) is 11.1 Å². The van der Waals surface area contributed by atoms with Crippen molar-refractivity contribution in [2.24, 2.45) is 0 Å². The van der Waals surface area contributed by atoms with Crippen LogP contribution >= 0.6 is 0 Å². The first-order chi connectivity index (χ1) is 7.27. The van der Waals surface area contributed by atoms with Gasteiger partial charge in [0.25, 0.3) is 0 Å². The van der Waals surface area contributed by atoms with Crippen LogP contribution in [-0.4, -0.2) is 0 Å². The van der Waals surface area contributed by atoms with Crippen LogP contribution in [0.4, 0.5) is 0 Å². The van der Waals surface area contributed by atoms with E-state index in [-0.39, 0.29) is 0 Å². The fourth-order valence-corrected chi connectivity index (χ4v) is 1.94. The van der Waals surface area contributed by atoms with Crippen molar-refractivity contribution in [1.82, 2.24) is 0 Å². The molecule has 0 saturated carbocycles. The zero-order valence-electron chi connectivity index (χ0n) is 9.17. The third-order valence-electron chi connectivity index (χ3n) is 2.56. The lowest BCUT2D eigenvalue weighted by atomic mass is 10.1. The van der Waals surface area contributed by atoms with Gasteiger partial charge in [0.1, 0.15) is 0 Å². The minimum atomic E-state index is 0.321. The molecule has 0 amide bonds. The highest BCUT2D eigenvalue weighted by molar-refractivity contribution is 5.76. The third-order valence-corrected chi connectivity index (χ3v) is 2.56. The molecule has 1 aliphatic rings. The molecule has 0 saturated heterocycles. The van der Waals surface area contributed by atoms with Gasteiger partial charge >= 0.3 is 0 Å². The molecule has 0 bridgehead atoms. The number of hydrogen-bond acceptors (Lipinski definition) is 0. The summed E-state index contributed by atoms with van der Waals surface area (Å²) in [5, 5.41) is 0. The Bertz CT molecular complexity index is 544. The molecule has 3 rings (SSSR count). The molecule has 0 heteroatoms. The zero-order chi connectivity index (χ0) is 10.4. The first-order valence-electron chi connectivity index (χ1n) is 5.45. The SMILES string of the molecule is [2H]c1ccc2c(c1[2H])Cc1ccccc1-2. The van der Waals surface area contributed by atoms with Crippen molar-refractivity contribution in [3.8, 4) is 11.1 Å². The zero-order valence-corrected chi connectivity index (χ0v) is 7.17. The standard InChI is InChI=1S/C13H10/c1-3-7-12-10(5-1)9-11-6-2-4-8-13(11)12/h1-8H,9H2/i1D,5D. The van der Waals surface area contributed by atoms with Crippen molar-refractivity contribution in [1.29, 1.82) is 0 Å². The maximum atomic E-state index is 7.86. The van der Waals surface area contributed by atoms with Crippen molar-refractivity contribution in [3.63, 3.8) is 0 Å². The molecular weight excluding hydrogens is 156 g/mol. The molecule has 0 N–H and O–H groups in total. The summed E-state index contributed by atoms with van der Waals surface area (Å²) in [4.78, 5) is 0. The number of hydrogen-bond donors (Lipinski definition) is 0. The molecule has 1 aliphatic carbocycles. The third kappa shape index (κ3) is 0.919. The summed E-state index contributed by atoms with van der Waals surface area (Å²) in [5.41, 5.74) is 4.63. The van der Waals surface area contributed by atoms with E-state index in [2.05, 4.69) is 12.1 Å². The average molecular weight is 168 g/mol. The molecule has 62 valence electrons. The van der Waals surface area contributed by atoms with Gasteiger partial charge in [0, 0.05) is 0 Å². The molecule has 0 nitrogen and oxygen atoms in total. The summed E-state index contributed by atoms with van der Waals surface area (Å²) in [6, 6.07) is 12.6. The number of rotatable bonds is 0.